The average Bonchev–Trinajstić information content (AvgIpc) is 3.17. The number of Topliss-reactive ketones (excluding diaryl/α,β-unsaturated/α-hetero) is 1. The van der Waals surface area contributed by atoms with Gasteiger partial charge < -0.3 is 9.47 Å². The number of esters is 1. The maximum absolute atomic E-state index is 13.4. The number of carbonyl (C=O) groups is 2. The molecule has 0 aliphatic carbocycles. The molecular formula is C24H31NO4. The minimum absolute atomic E-state index is 0.00352. The Morgan fingerprint density at radius 2 is 2.07 bits per heavy atom. The van der Waals surface area contributed by atoms with Crippen molar-refractivity contribution in [1.29, 1.82) is 0 Å². The first-order chi connectivity index (χ1) is 14.1. The standard InChI is InChI=1S/C24H31NO4/c1-3-5-12-24-19-11-13-25(24)20(18(23(19)27)14-22(26)28-4-2)15-21(24)29-16-17-9-7-6-8-10-17/h6-10,14,19-21H,3-5,11-13,15-16H2,1-2H3/b18-14+. The zero-order valence-corrected chi connectivity index (χ0v) is 17.4. The Balaban J connectivity index is 1.64. The third-order valence-electron chi connectivity index (χ3n) is 6.91. The fourth-order valence-electron chi connectivity index (χ4n) is 5.73. The SMILES string of the molecule is CCCCC12C(OCc3ccccc3)CC3/C(=C\C(=O)OCC)C(=O)C1CCN32. The minimum atomic E-state index is -0.411. The minimum Gasteiger partial charge on any atom is -0.463 e. The highest BCUT2D eigenvalue weighted by Crippen LogP contribution is 2.56. The van der Waals surface area contributed by atoms with E-state index >= 15 is 0 Å². The molecule has 0 N–H and O–H groups in total. The van der Waals surface area contributed by atoms with Gasteiger partial charge in [0.05, 0.1) is 24.9 Å². The van der Waals surface area contributed by atoms with Crippen LogP contribution in [0.25, 0.3) is 0 Å². The van der Waals surface area contributed by atoms with Crippen molar-refractivity contribution in [3.8, 4) is 0 Å². The van der Waals surface area contributed by atoms with Gasteiger partial charge in [0, 0.05) is 30.2 Å². The van der Waals surface area contributed by atoms with E-state index in [-0.39, 0.29) is 29.4 Å². The second-order valence-electron chi connectivity index (χ2n) is 8.38. The molecule has 29 heavy (non-hydrogen) atoms. The Morgan fingerprint density at radius 1 is 1.28 bits per heavy atom. The molecule has 1 aromatic rings. The van der Waals surface area contributed by atoms with E-state index in [1.807, 2.05) is 18.2 Å². The molecule has 0 amide bonds. The molecule has 5 nitrogen and oxygen atoms in total. The monoisotopic (exact) mass is 397 g/mol. The van der Waals surface area contributed by atoms with E-state index in [2.05, 4.69) is 24.0 Å². The van der Waals surface area contributed by atoms with Gasteiger partial charge in [-0.25, -0.2) is 4.79 Å². The van der Waals surface area contributed by atoms with Crippen molar-refractivity contribution < 1.29 is 19.1 Å². The van der Waals surface area contributed by atoms with Gasteiger partial charge in [-0.2, -0.15) is 0 Å². The molecule has 156 valence electrons. The molecule has 0 spiro atoms. The molecular weight excluding hydrogens is 366 g/mol. The summed E-state index contributed by atoms with van der Waals surface area (Å²) in [6, 6.07) is 10.2. The van der Waals surface area contributed by atoms with E-state index in [1.54, 1.807) is 6.92 Å². The van der Waals surface area contributed by atoms with Crippen molar-refractivity contribution >= 4 is 11.8 Å². The summed E-state index contributed by atoms with van der Waals surface area (Å²) in [6.07, 6.45) is 6.22. The van der Waals surface area contributed by atoms with Gasteiger partial charge in [-0.1, -0.05) is 50.1 Å². The number of rotatable bonds is 8. The largest absolute Gasteiger partial charge is 0.463 e. The van der Waals surface area contributed by atoms with Gasteiger partial charge in [-0.15, -0.1) is 0 Å². The predicted octanol–water partition coefficient (Wildman–Crippen LogP) is 3.67. The van der Waals surface area contributed by atoms with Crippen LogP contribution in [0.15, 0.2) is 42.0 Å². The van der Waals surface area contributed by atoms with Gasteiger partial charge in [0.15, 0.2) is 5.78 Å². The Kier molecular flexibility index (Phi) is 5.88. The van der Waals surface area contributed by atoms with Crippen LogP contribution in [0.5, 0.6) is 0 Å². The number of piperidine rings is 1. The lowest BCUT2D eigenvalue weighted by molar-refractivity contribution is -0.138. The number of nitrogens with zero attached hydrogens (tertiary/aromatic N) is 1. The van der Waals surface area contributed by atoms with E-state index < -0.39 is 5.97 Å². The fourth-order valence-corrected chi connectivity index (χ4v) is 5.73. The van der Waals surface area contributed by atoms with Crippen molar-refractivity contribution in [2.24, 2.45) is 5.92 Å². The Bertz CT molecular complexity index is 789. The highest BCUT2D eigenvalue weighted by Gasteiger charge is 2.67. The van der Waals surface area contributed by atoms with Crippen molar-refractivity contribution in [1.82, 2.24) is 4.90 Å². The van der Waals surface area contributed by atoms with E-state index in [1.165, 1.54) is 6.08 Å². The molecule has 0 aromatic heterocycles. The molecule has 4 bridgehead atoms. The lowest BCUT2D eigenvalue weighted by Crippen LogP contribution is -2.58. The summed E-state index contributed by atoms with van der Waals surface area (Å²) in [4.78, 5) is 28.0. The molecule has 0 saturated carbocycles. The molecule has 0 radical (unpaired) electrons. The van der Waals surface area contributed by atoms with Crippen molar-refractivity contribution in [2.75, 3.05) is 13.2 Å². The lowest BCUT2D eigenvalue weighted by Gasteiger charge is -2.45. The first kappa shape index (κ1) is 20.3. The van der Waals surface area contributed by atoms with Gasteiger partial charge in [-0.3, -0.25) is 9.69 Å². The van der Waals surface area contributed by atoms with Crippen LogP contribution in [0.2, 0.25) is 0 Å². The van der Waals surface area contributed by atoms with Crippen LogP contribution < -0.4 is 0 Å². The second-order valence-corrected chi connectivity index (χ2v) is 8.38. The number of ether oxygens (including phenoxy) is 2. The average molecular weight is 398 g/mol. The van der Waals surface area contributed by atoms with Crippen molar-refractivity contribution in [2.45, 2.75) is 70.2 Å². The van der Waals surface area contributed by atoms with Gasteiger partial charge in [0.25, 0.3) is 0 Å². The summed E-state index contributed by atoms with van der Waals surface area (Å²) in [7, 11) is 0. The van der Waals surface area contributed by atoms with Crippen LogP contribution in [0.1, 0.15) is 51.5 Å². The highest BCUT2D eigenvalue weighted by atomic mass is 16.5. The number of hydrogen-bond donors (Lipinski definition) is 0. The maximum Gasteiger partial charge on any atom is 0.331 e. The summed E-state index contributed by atoms with van der Waals surface area (Å²) in [5.41, 5.74) is 1.55. The number of hydrogen-bond acceptors (Lipinski definition) is 5. The summed E-state index contributed by atoms with van der Waals surface area (Å²) in [5.74, 6) is -0.362. The summed E-state index contributed by atoms with van der Waals surface area (Å²) >= 11 is 0. The Hall–Kier alpha value is -1.98. The second kappa shape index (κ2) is 8.41. The summed E-state index contributed by atoms with van der Waals surface area (Å²) in [6.45, 7) is 5.74. The molecule has 5 atom stereocenters. The molecule has 3 aliphatic rings. The number of ketones is 1. The van der Waals surface area contributed by atoms with Crippen LogP contribution in [-0.2, 0) is 25.7 Å². The quantitative estimate of drug-likeness (QED) is 0.495. The van der Waals surface area contributed by atoms with Gasteiger partial charge in [0.2, 0.25) is 0 Å². The van der Waals surface area contributed by atoms with Gasteiger partial charge in [0.1, 0.15) is 0 Å². The normalized spacial score (nSPS) is 34.0. The van der Waals surface area contributed by atoms with Crippen LogP contribution in [0, 0.1) is 5.92 Å². The Labute approximate surface area is 173 Å². The smallest absolute Gasteiger partial charge is 0.331 e. The van der Waals surface area contributed by atoms with E-state index in [9.17, 15) is 9.59 Å². The first-order valence-corrected chi connectivity index (χ1v) is 11.0. The summed E-state index contributed by atoms with van der Waals surface area (Å²) < 4.78 is 11.6. The molecule has 1 aromatic carbocycles. The topological polar surface area (TPSA) is 55.8 Å². The molecule has 3 aliphatic heterocycles. The fraction of sp³-hybridized carbons (Fsp3) is 0.583. The predicted molar refractivity (Wildman–Crippen MR) is 110 cm³/mol. The van der Waals surface area contributed by atoms with E-state index in [4.69, 9.17) is 9.47 Å². The van der Waals surface area contributed by atoms with E-state index in [0.717, 1.165) is 44.2 Å². The van der Waals surface area contributed by atoms with Gasteiger partial charge in [-0.05, 0) is 31.7 Å². The molecule has 5 heteroatoms. The first-order valence-electron chi connectivity index (χ1n) is 11.0. The number of unbranched alkanes of at least 4 members (excludes halogenated alkanes) is 1. The maximum atomic E-state index is 13.4. The molecule has 4 rings (SSSR count). The Morgan fingerprint density at radius 3 is 2.79 bits per heavy atom. The number of benzene rings is 1. The van der Waals surface area contributed by atoms with Crippen LogP contribution >= 0.6 is 0 Å². The zero-order chi connectivity index (χ0) is 20.4. The zero-order valence-electron chi connectivity index (χ0n) is 17.4. The van der Waals surface area contributed by atoms with E-state index in [0.29, 0.717) is 18.8 Å². The van der Waals surface area contributed by atoms with Crippen LogP contribution in [-0.4, -0.2) is 47.5 Å². The third-order valence-corrected chi connectivity index (χ3v) is 6.91. The van der Waals surface area contributed by atoms with Crippen molar-refractivity contribution in [3.05, 3.63) is 47.5 Å². The van der Waals surface area contributed by atoms with Crippen LogP contribution in [0.3, 0.4) is 0 Å². The molecule has 3 heterocycles. The van der Waals surface area contributed by atoms with Crippen LogP contribution in [0.4, 0.5) is 0 Å². The van der Waals surface area contributed by atoms with Crippen molar-refractivity contribution in [3.63, 3.8) is 0 Å². The molecule has 3 fully saturated rings. The number of carbonyl (C=O) groups excluding carboxylic acids is 2. The lowest BCUT2D eigenvalue weighted by atomic mass is 9.73. The molecule has 3 saturated heterocycles. The van der Waals surface area contributed by atoms with Gasteiger partial charge >= 0.3 is 5.97 Å². The highest BCUT2D eigenvalue weighted by molar-refractivity contribution is 6.05. The summed E-state index contributed by atoms with van der Waals surface area (Å²) in [5, 5.41) is 0. The molecule has 5 unspecified atom stereocenters. The third kappa shape index (κ3) is 3.44.